The summed E-state index contributed by atoms with van der Waals surface area (Å²) < 4.78 is 37.9. The molecule has 6 N–H and O–H groups in total. The Morgan fingerprint density at radius 3 is 2.60 bits per heavy atom. The molecule has 194 valence electrons. The summed E-state index contributed by atoms with van der Waals surface area (Å²) in [6, 6.07) is 5.71. The first kappa shape index (κ1) is 27.4. The van der Waals surface area contributed by atoms with Gasteiger partial charge in [-0.3, -0.25) is 9.79 Å². The van der Waals surface area contributed by atoms with Gasteiger partial charge in [0.2, 0.25) is 5.91 Å². The van der Waals surface area contributed by atoms with Gasteiger partial charge in [0.15, 0.2) is 9.84 Å². The molecule has 0 fully saturated rings. The SMILES string of the molecule is CC[C@]1(C)CCC(F)/C=N\C(C(C(=O)NC2CNCC=C2c2ccc(S(C)(=O)=O)cc2)C(N)N)C1. The van der Waals surface area contributed by atoms with E-state index in [-0.39, 0.29) is 22.3 Å². The van der Waals surface area contributed by atoms with Crippen LogP contribution in [0.2, 0.25) is 0 Å². The molecule has 35 heavy (non-hydrogen) atoms. The van der Waals surface area contributed by atoms with Crippen LogP contribution in [0.15, 0.2) is 40.2 Å². The van der Waals surface area contributed by atoms with Gasteiger partial charge in [0.25, 0.3) is 0 Å². The number of carbonyl (C=O) groups is 1. The highest BCUT2D eigenvalue weighted by molar-refractivity contribution is 7.90. The first-order valence-electron chi connectivity index (χ1n) is 12.1. The first-order chi connectivity index (χ1) is 16.4. The molecule has 0 spiro atoms. The summed E-state index contributed by atoms with van der Waals surface area (Å²) in [5, 5.41) is 6.31. The van der Waals surface area contributed by atoms with E-state index in [1.807, 2.05) is 6.08 Å². The largest absolute Gasteiger partial charge is 0.348 e. The molecule has 2 aliphatic rings. The van der Waals surface area contributed by atoms with Crippen LogP contribution >= 0.6 is 0 Å². The Hall–Kier alpha value is -2.14. The van der Waals surface area contributed by atoms with E-state index in [4.69, 9.17) is 11.5 Å². The Morgan fingerprint density at radius 2 is 2.00 bits per heavy atom. The lowest BCUT2D eigenvalue weighted by atomic mass is 9.73. The van der Waals surface area contributed by atoms with Crippen molar-refractivity contribution < 1.29 is 17.6 Å². The minimum atomic E-state index is -3.31. The highest BCUT2D eigenvalue weighted by atomic mass is 32.2. The molecule has 5 atom stereocenters. The maximum absolute atomic E-state index is 14.3. The average Bonchev–Trinajstić information content (AvgIpc) is 2.80. The number of sulfone groups is 1. The van der Waals surface area contributed by atoms with Gasteiger partial charge >= 0.3 is 0 Å². The van der Waals surface area contributed by atoms with Crippen molar-refractivity contribution in [2.75, 3.05) is 19.3 Å². The van der Waals surface area contributed by atoms with Crippen LogP contribution in [0.4, 0.5) is 4.39 Å². The lowest BCUT2D eigenvalue weighted by Gasteiger charge is -2.37. The summed E-state index contributed by atoms with van der Waals surface area (Å²) in [7, 11) is -3.31. The fourth-order valence-corrected chi connectivity index (χ4v) is 5.47. The zero-order chi connectivity index (χ0) is 25.8. The number of rotatable bonds is 7. The van der Waals surface area contributed by atoms with Gasteiger partial charge in [-0.15, -0.1) is 0 Å². The van der Waals surface area contributed by atoms with E-state index in [2.05, 4.69) is 29.5 Å². The monoisotopic (exact) mass is 507 g/mol. The lowest BCUT2D eigenvalue weighted by Crippen LogP contribution is -2.56. The van der Waals surface area contributed by atoms with E-state index >= 15 is 0 Å². The molecule has 0 saturated heterocycles. The van der Waals surface area contributed by atoms with Crippen LogP contribution in [0, 0.1) is 11.3 Å². The highest BCUT2D eigenvalue weighted by Crippen LogP contribution is 2.38. The number of aliphatic imine (C=N–C) groups is 1. The molecule has 3 rings (SSSR count). The number of amides is 1. The fourth-order valence-electron chi connectivity index (χ4n) is 4.84. The van der Waals surface area contributed by atoms with E-state index in [1.54, 1.807) is 24.3 Å². The Labute approximate surface area is 207 Å². The third kappa shape index (κ3) is 6.97. The maximum Gasteiger partial charge on any atom is 0.228 e. The summed E-state index contributed by atoms with van der Waals surface area (Å²) in [6.07, 6.45) is 4.84. The van der Waals surface area contributed by atoms with E-state index in [0.717, 1.165) is 23.8 Å². The van der Waals surface area contributed by atoms with Gasteiger partial charge < -0.3 is 22.1 Å². The quantitative estimate of drug-likeness (QED) is 0.415. The van der Waals surface area contributed by atoms with E-state index in [0.29, 0.717) is 32.4 Å². The van der Waals surface area contributed by atoms with Gasteiger partial charge in [-0.1, -0.05) is 38.5 Å². The third-order valence-electron chi connectivity index (χ3n) is 7.27. The van der Waals surface area contributed by atoms with Crippen molar-refractivity contribution >= 4 is 27.5 Å². The smallest absolute Gasteiger partial charge is 0.228 e. The summed E-state index contributed by atoms with van der Waals surface area (Å²) in [4.78, 5) is 18.2. The van der Waals surface area contributed by atoms with Crippen molar-refractivity contribution in [3.05, 3.63) is 35.9 Å². The summed E-state index contributed by atoms with van der Waals surface area (Å²) in [5.41, 5.74) is 13.7. The average molecular weight is 508 g/mol. The number of nitrogens with two attached hydrogens (primary N) is 2. The van der Waals surface area contributed by atoms with Crippen LogP contribution in [-0.4, -0.2) is 64.3 Å². The molecule has 1 aromatic rings. The van der Waals surface area contributed by atoms with Gasteiger partial charge in [0, 0.05) is 25.6 Å². The van der Waals surface area contributed by atoms with Crippen LogP contribution < -0.4 is 22.1 Å². The Bertz CT molecular complexity index is 1060. The second-order valence-corrected chi connectivity index (χ2v) is 12.1. The Morgan fingerprint density at radius 1 is 1.31 bits per heavy atom. The zero-order valence-corrected chi connectivity index (χ0v) is 21.5. The summed E-state index contributed by atoms with van der Waals surface area (Å²) >= 11 is 0. The van der Waals surface area contributed by atoms with Crippen molar-refractivity contribution in [3.8, 4) is 0 Å². The van der Waals surface area contributed by atoms with Gasteiger partial charge in [-0.2, -0.15) is 0 Å². The summed E-state index contributed by atoms with van der Waals surface area (Å²) in [5.74, 6) is -1.15. The molecule has 2 heterocycles. The molecule has 10 heteroatoms. The van der Waals surface area contributed by atoms with Gasteiger partial charge in [-0.25, -0.2) is 12.8 Å². The lowest BCUT2D eigenvalue weighted by molar-refractivity contribution is -0.127. The van der Waals surface area contributed by atoms with Gasteiger partial charge in [0.05, 0.1) is 29.1 Å². The second-order valence-electron chi connectivity index (χ2n) is 10.1. The van der Waals surface area contributed by atoms with Crippen molar-refractivity contribution in [1.29, 1.82) is 0 Å². The molecule has 8 nitrogen and oxygen atoms in total. The number of nitrogens with zero attached hydrogens (tertiary/aromatic N) is 1. The second kappa shape index (κ2) is 11.3. The number of hydrogen-bond donors (Lipinski definition) is 4. The zero-order valence-electron chi connectivity index (χ0n) is 20.7. The number of nitrogens with one attached hydrogen (secondary N) is 2. The molecular weight excluding hydrogens is 469 g/mol. The molecule has 0 saturated carbocycles. The fraction of sp³-hybridized carbons (Fsp3) is 0.600. The minimum Gasteiger partial charge on any atom is -0.348 e. The predicted molar refractivity (Wildman–Crippen MR) is 137 cm³/mol. The molecule has 1 aromatic carbocycles. The maximum atomic E-state index is 14.3. The molecule has 2 aliphatic heterocycles. The third-order valence-corrected chi connectivity index (χ3v) is 8.40. The van der Waals surface area contributed by atoms with E-state index in [9.17, 15) is 17.6 Å². The number of alkyl halides is 1. The van der Waals surface area contributed by atoms with Crippen LogP contribution in [-0.2, 0) is 14.6 Å². The standard InChI is InChI=1S/C25H38FN5O3S/c1-4-25(2)11-9-17(26)14-30-20(13-25)22(23(27)28)24(32)31-21-15-29-12-10-19(21)16-5-7-18(8-6-16)35(3,33)34/h5-8,10,14,17,20-23,29H,4,9,11-13,15,27-28H2,1-3H3,(H,31,32)/b30-14-/t17?,20?,21?,22?,25-/m1/s1. The van der Waals surface area contributed by atoms with Crippen molar-refractivity contribution in [1.82, 2.24) is 10.6 Å². The normalized spacial score (nSPS) is 29.6. The number of halogens is 1. The molecule has 0 aromatic heterocycles. The van der Waals surface area contributed by atoms with Crippen molar-refractivity contribution in [2.24, 2.45) is 27.8 Å². The topological polar surface area (TPSA) is 140 Å². The highest BCUT2D eigenvalue weighted by Gasteiger charge is 2.39. The predicted octanol–water partition coefficient (Wildman–Crippen LogP) is 1.80. The van der Waals surface area contributed by atoms with E-state index < -0.39 is 34.1 Å². The first-order valence-corrected chi connectivity index (χ1v) is 14.0. The molecular formula is C25H38FN5O3S. The molecule has 0 aliphatic carbocycles. The number of carbonyl (C=O) groups excluding carboxylic acids is 1. The van der Waals surface area contributed by atoms with Crippen LogP contribution in [0.1, 0.15) is 45.1 Å². The summed E-state index contributed by atoms with van der Waals surface area (Å²) in [6.45, 7) is 5.27. The van der Waals surface area contributed by atoms with Crippen molar-refractivity contribution in [3.63, 3.8) is 0 Å². The van der Waals surface area contributed by atoms with Crippen LogP contribution in [0.25, 0.3) is 5.57 Å². The van der Waals surface area contributed by atoms with Crippen LogP contribution in [0.5, 0.6) is 0 Å². The molecule has 4 unspecified atom stereocenters. The van der Waals surface area contributed by atoms with E-state index in [1.165, 1.54) is 6.21 Å². The van der Waals surface area contributed by atoms with Gasteiger partial charge in [0.1, 0.15) is 6.17 Å². The molecule has 1 amide bonds. The minimum absolute atomic E-state index is 0.168. The number of benzene rings is 1. The molecule has 0 radical (unpaired) electrons. The Balaban J connectivity index is 1.84. The Kier molecular flexibility index (Phi) is 8.85. The number of hydrogen-bond acceptors (Lipinski definition) is 7. The van der Waals surface area contributed by atoms with Crippen LogP contribution in [0.3, 0.4) is 0 Å². The molecule has 0 bridgehead atoms. The van der Waals surface area contributed by atoms with Gasteiger partial charge in [-0.05, 0) is 47.9 Å². The van der Waals surface area contributed by atoms with Crippen molar-refractivity contribution in [2.45, 2.75) is 68.8 Å².